The topological polar surface area (TPSA) is 100 Å². The minimum atomic E-state index is -4.78. The van der Waals surface area contributed by atoms with Gasteiger partial charge in [-0.15, -0.1) is 0 Å². The van der Waals surface area contributed by atoms with Crippen LogP contribution in [0.5, 0.6) is 0 Å². The van der Waals surface area contributed by atoms with Gasteiger partial charge in [0.05, 0.1) is 33.5 Å². The highest BCUT2D eigenvalue weighted by molar-refractivity contribution is 7.92. The second-order valence-electron chi connectivity index (χ2n) is 11.6. The van der Waals surface area contributed by atoms with Crippen molar-refractivity contribution >= 4 is 15.7 Å². The average molecular weight is 578 g/mol. The fraction of sp³-hybridized carbons (Fsp3) is 0.643. The van der Waals surface area contributed by atoms with Crippen LogP contribution in [-0.4, -0.2) is 61.3 Å². The van der Waals surface area contributed by atoms with Gasteiger partial charge in [0.15, 0.2) is 9.84 Å². The Bertz CT molecular complexity index is 1390. The van der Waals surface area contributed by atoms with E-state index in [4.69, 9.17) is 9.84 Å². The summed E-state index contributed by atoms with van der Waals surface area (Å²) in [5, 5.41) is 16.9. The van der Waals surface area contributed by atoms with Crippen molar-refractivity contribution in [2.45, 2.75) is 91.2 Å². The van der Waals surface area contributed by atoms with Gasteiger partial charge in [-0.05, 0) is 63.5 Å². The summed E-state index contributed by atoms with van der Waals surface area (Å²) in [6.07, 6.45) is 1.62. The number of benzene rings is 1. The fourth-order valence-electron chi connectivity index (χ4n) is 6.18. The smallest absolute Gasteiger partial charge is 0.381 e. The third-order valence-electron chi connectivity index (χ3n) is 9.04. The minimum Gasteiger partial charge on any atom is -0.381 e. The Kier molecular flexibility index (Phi) is 7.12. The number of nitrogens with one attached hydrogen (secondary N) is 1. The SMILES string of the molecule is N#CC1(NC[C@@H]2C[C@@H](S(=O)(=O)c3ccccc3C(F)(F)F)CN2c2cc(C3CCOCC3)nn2C2CCC2)CC1. The van der Waals surface area contributed by atoms with Crippen molar-refractivity contribution in [2.24, 2.45) is 0 Å². The standard InChI is InChI=1S/C28H34F3N5O3S/c29-28(30,31)23-6-1-2-7-25(23)40(37,38)22-14-21(16-33-27(18-32)10-11-27)35(17-22)26-15-24(19-8-12-39-13-9-19)34-36(26)20-4-3-5-20/h1-2,6-7,15,19-22,33H,3-5,8-14,16-17H2/t21-,22+/m0/s1. The molecular weight excluding hydrogens is 543 g/mol. The van der Waals surface area contributed by atoms with E-state index in [0.717, 1.165) is 68.6 Å². The van der Waals surface area contributed by atoms with Gasteiger partial charge < -0.3 is 9.64 Å². The zero-order valence-electron chi connectivity index (χ0n) is 22.2. The third kappa shape index (κ3) is 5.12. The molecule has 4 aliphatic rings. The van der Waals surface area contributed by atoms with Gasteiger partial charge in [-0.25, -0.2) is 13.1 Å². The van der Waals surface area contributed by atoms with E-state index in [1.165, 1.54) is 12.1 Å². The van der Waals surface area contributed by atoms with Crippen molar-refractivity contribution in [1.82, 2.24) is 15.1 Å². The molecule has 2 atom stereocenters. The largest absolute Gasteiger partial charge is 0.417 e. The number of ether oxygens (including phenoxy) is 1. The van der Waals surface area contributed by atoms with Crippen LogP contribution in [0.1, 0.15) is 74.6 Å². The molecular formula is C28H34F3N5O3S. The van der Waals surface area contributed by atoms with E-state index in [-0.39, 0.29) is 31.0 Å². The summed E-state index contributed by atoms with van der Waals surface area (Å²) in [6.45, 7) is 1.76. The molecule has 2 saturated carbocycles. The highest BCUT2D eigenvalue weighted by atomic mass is 32.2. The van der Waals surface area contributed by atoms with E-state index < -0.39 is 37.3 Å². The average Bonchev–Trinajstić information content (AvgIpc) is 3.37. The normalized spacial score (nSPS) is 25.5. The predicted molar refractivity (Wildman–Crippen MR) is 142 cm³/mol. The third-order valence-corrected chi connectivity index (χ3v) is 11.2. The molecule has 2 saturated heterocycles. The van der Waals surface area contributed by atoms with Gasteiger partial charge >= 0.3 is 6.18 Å². The summed E-state index contributed by atoms with van der Waals surface area (Å²) in [4.78, 5) is 1.35. The summed E-state index contributed by atoms with van der Waals surface area (Å²) >= 11 is 0. The number of hydrogen-bond acceptors (Lipinski definition) is 7. The Balaban J connectivity index is 1.36. The van der Waals surface area contributed by atoms with Crippen LogP contribution in [0.2, 0.25) is 0 Å². The van der Waals surface area contributed by atoms with Crippen molar-refractivity contribution in [2.75, 3.05) is 31.2 Å². The number of aromatic nitrogens is 2. The summed E-state index contributed by atoms with van der Waals surface area (Å²) < 4.78 is 76.6. The lowest BCUT2D eigenvalue weighted by atomic mass is 9.93. The molecule has 0 bridgehead atoms. The lowest BCUT2D eigenvalue weighted by Gasteiger charge is -2.33. The van der Waals surface area contributed by atoms with Gasteiger partial charge in [0.25, 0.3) is 0 Å². The van der Waals surface area contributed by atoms with Crippen LogP contribution in [0.3, 0.4) is 0 Å². The van der Waals surface area contributed by atoms with E-state index in [1.807, 2.05) is 9.58 Å². The van der Waals surface area contributed by atoms with E-state index in [2.05, 4.69) is 17.5 Å². The number of anilines is 1. The van der Waals surface area contributed by atoms with Crippen molar-refractivity contribution in [3.05, 3.63) is 41.6 Å². The van der Waals surface area contributed by atoms with Crippen LogP contribution in [0.15, 0.2) is 35.2 Å². The molecule has 8 nitrogen and oxygen atoms in total. The summed E-state index contributed by atoms with van der Waals surface area (Å²) in [5.74, 6) is 1.07. The Morgan fingerprint density at radius 1 is 1.15 bits per heavy atom. The second-order valence-corrected chi connectivity index (χ2v) is 13.8. The first-order chi connectivity index (χ1) is 19.1. The Hall–Kier alpha value is -2.62. The first kappa shape index (κ1) is 27.5. The Morgan fingerprint density at radius 3 is 2.50 bits per heavy atom. The minimum absolute atomic E-state index is 0.0616. The van der Waals surface area contributed by atoms with Crippen LogP contribution in [0.25, 0.3) is 0 Å². The molecule has 1 aromatic carbocycles. The molecule has 40 heavy (non-hydrogen) atoms. The van der Waals surface area contributed by atoms with Gasteiger partial charge in [0.2, 0.25) is 0 Å². The molecule has 216 valence electrons. The fourth-order valence-corrected chi connectivity index (χ4v) is 8.13. The van der Waals surface area contributed by atoms with E-state index in [1.54, 1.807) is 0 Å². The maximum absolute atomic E-state index is 13.8. The van der Waals surface area contributed by atoms with Crippen LogP contribution in [0, 0.1) is 11.3 Å². The number of halogens is 3. The number of nitriles is 1. The highest BCUT2D eigenvalue weighted by Crippen LogP contribution is 2.42. The molecule has 0 amide bonds. The van der Waals surface area contributed by atoms with Crippen molar-refractivity contribution in [3.63, 3.8) is 0 Å². The quantitative estimate of drug-likeness (QED) is 0.490. The Labute approximate surface area is 232 Å². The number of hydrogen-bond donors (Lipinski definition) is 1. The molecule has 1 aromatic heterocycles. The maximum Gasteiger partial charge on any atom is 0.417 e. The first-order valence-electron chi connectivity index (χ1n) is 14.1. The highest BCUT2D eigenvalue weighted by Gasteiger charge is 2.48. The van der Waals surface area contributed by atoms with Crippen molar-refractivity contribution in [1.29, 1.82) is 5.26 Å². The van der Waals surface area contributed by atoms with Crippen molar-refractivity contribution < 1.29 is 26.3 Å². The summed E-state index contributed by atoms with van der Waals surface area (Å²) in [6, 6.07) is 8.70. The molecule has 2 aromatic rings. The monoisotopic (exact) mass is 577 g/mol. The number of alkyl halides is 3. The second kappa shape index (κ2) is 10.3. The zero-order chi connectivity index (χ0) is 28.1. The van der Waals surface area contributed by atoms with Gasteiger partial charge in [0.1, 0.15) is 11.4 Å². The summed E-state index contributed by atoms with van der Waals surface area (Å²) in [5.41, 5.74) is -0.778. The van der Waals surface area contributed by atoms with Crippen LogP contribution < -0.4 is 10.2 Å². The molecule has 0 radical (unpaired) electrons. The number of sulfone groups is 1. The molecule has 2 aliphatic carbocycles. The number of rotatable bonds is 8. The van der Waals surface area contributed by atoms with Gasteiger partial charge in [-0.1, -0.05) is 12.1 Å². The summed E-state index contributed by atoms with van der Waals surface area (Å²) in [7, 11) is -4.31. The predicted octanol–water partition coefficient (Wildman–Crippen LogP) is 4.59. The lowest BCUT2D eigenvalue weighted by Crippen LogP contribution is -2.43. The molecule has 2 aliphatic heterocycles. The molecule has 0 unspecified atom stereocenters. The molecule has 1 N–H and O–H groups in total. The Morgan fingerprint density at radius 2 is 1.88 bits per heavy atom. The van der Waals surface area contributed by atoms with Crippen LogP contribution in [0.4, 0.5) is 19.0 Å². The number of nitrogens with zero attached hydrogens (tertiary/aromatic N) is 4. The maximum atomic E-state index is 13.8. The van der Waals surface area contributed by atoms with Crippen LogP contribution >= 0.6 is 0 Å². The first-order valence-corrected chi connectivity index (χ1v) is 15.7. The van der Waals surface area contributed by atoms with E-state index >= 15 is 0 Å². The molecule has 12 heteroatoms. The van der Waals surface area contributed by atoms with E-state index in [0.29, 0.717) is 19.8 Å². The van der Waals surface area contributed by atoms with E-state index in [9.17, 15) is 26.9 Å². The lowest BCUT2D eigenvalue weighted by molar-refractivity contribution is -0.139. The van der Waals surface area contributed by atoms with Crippen LogP contribution in [-0.2, 0) is 20.8 Å². The van der Waals surface area contributed by atoms with Gasteiger partial charge in [0, 0.05) is 44.3 Å². The molecule has 0 spiro atoms. The van der Waals surface area contributed by atoms with Crippen molar-refractivity contribution in [3.8, 4) is 6.07 Å². The van der Waals surface area contributed by atoms with Gasteiger partial charge in [-0.3, -0.25) is 5.32 Å². The van der Waals surface area contributed by atoms with Gasteiger partial charge in [-0.2, -0.15) is 23.5 Å². The molecule has 3 heterocycles. The zero-order valence-corrected chi connectivity index (χ0v) is 23.1. The molecule has 4 fully saturated rings. The molecule has 6 rings (SSSR count).